The molecule has 0 spiro atoms. The van der Waals surface area contributed by atoms with Gasteiger partial charge in [-0.3, -0.25) is 0 Å². The first-order valence-corrected chi connectivity index (χ1v) is 10.9. The first-order chi connectivity index (χ1) is 13.1. The number of aromatic nitrogens is 1. The summed E-state index contributed by atoms with van der Waals surface area (Å²) in [6.45, 7) is 0. The van der Waals surface area contributed by atoms with Gasteiger partial charge < -0.3 is 0 Å². The minimum atomic E-state index is -0.0845. The van der Waals surface area contributed by atoms with Crippen molar-refractivity contribution in [2.45, 2.75) is 5.82 Å². The van der Waals surface area contributed by atoms with Gasteiger partial charge in [-0.2, -0.15) is 0 Å². The van der Waals surface area contributed by atoms with E-state index >= 15 is 0 Å². The Hall–Kier alpha value is -2.69. The number of ether oxygens (including phenoxy) is 3. The van der Waals surface area contributed by atoms with E-state index in [4.69, 9.17) is 14.2 Å². The van der Waals surface area contributed by atoms with Gasteiger partial charge in [0.15, 0.2) is 0 Å². The van der Waals surface area contributed by atoms with Crippen molar-refractivity contribution in [1.29, 1.82) is 0 Å². The van der Waals surface area contributed by atoms with Crippen LogP contribution in [0, 0.1) is 0 Å². The summed E-state index contributed by atoms with van der Waals surface area (Å²) >= 11 is 0.173. The maximum atomic E-state index is 12.7. The molecular formula is C21H21NO4Se. The maximum absolute atomic E-state index is 12.7. The predicted octanol–water partition coefficient (Wildman–Crippen LogP) is 3.47. The molecule has 1 N–H and O–H groups in total. The second-order valence-corrected chi connectivity index (χ2v) is 7.55. The summed E-state index contributed by atoms with van der Waals surface area (Å²) in [4.78, 5) is 15.9. The molecule has 140 valence electrons. The number of hydrogen-bond acceptors (Lipinski definition) is 4. The Morgan fingerprint density at radius 1 is 1.07 bits per heavy atom. The van der Waals surface area contributed by atoms with Crippen LogP contribution in [0.15, 0.2) is 42.6 Å². The zero-order valence-corrected chi connectivity index (χ0v) is 17.4. The summed E-state index contributed by atoms with van der Waals surface area (Å²) < 4.78 is 17.1. The van der Waals surface area contributed by atoms with Crippen LogP contribution in [0.4, 0.5) is 0 Å². The standard InChI is InChI=1S/C21H21NO4Se/c1-24-15-6-7-17-16(11-15)13(12-22-17)5-8-18(23)14-9-19(25-2)21(26-3)20(10-14)27-4/h5-12,22H,1-4H3/b8-5+. The van der Waals surface area contributed by atoms with Crippen molar-refractivity contribution in [2.24, 2.45) is 0 Å². The van der Waals surface area contributed by atoms with E-state index in [-0.39, 0.29) is 20.7 Å². The Morgan fingerprint density at radius 3 is 2.56 bits per heavy atom. The van der Waals surface area contributed by atoms with Gasteiger partial charge >= 0.3 is 164 Å². The van der Waals surface area contributed by atoms with E-state index < -0.39 is 0 Å². The Balaban J connectivity index is 1.93. The molecule has 0 saturated carbocycles. The molecule has 3 aromatic rings. The van der Waals surface area contributed by atoms with Crippen LogP contribution in [0.5, 0.6) is 17.2 Å². The number of fused-ring (bicyclic) bond motifs is 1. The molecule has 6 heteroatoms. The number of hydrogen-bond donors (Lipinski definition) is 1. The van der Waals surface area contributed by atoms with E-state index in [1.165, 1.54) is 0 Å². The van der Waals surface area contributed by atoms with Gasteiger partial charge in [0.05, 0.1) is 0 Å². The van der Waals surface area contributed by atoms with Crippen LogP contribution in [0.2, 0.25) is 5.82 Å². The van der Waals surface area contributed by atoms with Crippen molar-refractivity contribution >= 4 is 42.2 Å². The van der Waals surface area contributed by atoms with E-state index in [1.54, 1.807) is 33.5 Å². The van der Waals surface area contributed by atoms with Gasteiger partial charge in [-0.05, 0) is 0 Å². The van der Waals surface area contributed by atoms with E-state index in [0.717, 1.165) is 26.7 Å². The van der Waals surface area contributed by atoms with Crippen LogP contribution in [-0.4, -0.2) is 47.1 Å². The van der Waals surface area contributed by atoms with Crippen molar-refractivity contribution in [3.8, 4) is 17.2 Å². The number of H-pyrrole nitrogens is 1. The molecule has 1 heterocycles. The summed E-state index contributed by atoms with van der Waals surface area (Å²) in [6.07, 6.45) is 5.27. The second-order valence-electron chi connectivity index (χ2n) is 5.77. The molecule has 5 nitrogen and oxygen atoms in total. The molecule has 0 radical (unpaired) electrons. The zero-order chi connectivity index (χ0) is 19.4. The minimum absolute atomic E-state index is 0.0845. The quantitative estimate of drug-likeness (QED) is 0.354. The second kappa shape index (κ2) is 8.33. The van der Waals surface area contributed by atoms with Crippen LogP contribution < -0.4 is 18.7 Å². The first-order valence-electron chi connectivity index (χ1n) is 8.28. The number of rotatable bonds is 7. The van der Waals surface area contributed by atoms with Crippen LogP contribution in [0.25, 0.3) is 17.0 Å². The Morgan fingerprint density at radius 2 is 1.89 bits per heavy atom. The van der Waals surface area contributed by atoms with Crippen molar-refractivity contribution in [1.82, 2.24) is 4.98 Å². The summed E-state index contributed by atoms with van der Waals surface area (Å²) in [7, 11) is 4.82. The van der Waals surface area contributed by atoms with Gasteiger partial charge in [-0.25, -0.2) is 0 Å². The Bertz CT molecular complexity index is 982. The van der Waals surface area contributed by atoms with Crippen molar-refractivity contribution in [2.75, 3.05) is 21.3 Å². The number of methoxy groups -OCH3 is 3. The van der Waals surface area contributed by atoms with Gasteiger partial charge in [-0.1, -0.05) is 0 Å². The first kappa shape index (κ1) is 19.1. The van der Waals surface area contributed by atoms with Crippen LogP contribution in [0.3, 0.4) is 0 Å². The van der Waals surface area contributed by atoms with Gasteiger partial charge in [0.2, 0.25) is 0 Å². The third kappa shape index (κ3) is 3.87. The number of ketones is 1. The van der Waals surface area contributed by atoms with Gasteiger partial charge in [0, 0.05) is 0 Å². The Kier molecular flexibility index (Phi) is 5.89. The summed E-state index contributed by atoms with van der Waals surface area (Å²) in [6, 6.07) is 9.40. The normalized spacial score (nSPS) is 11.1. The topological polar surface area (TPSA) is 60.6 Å². The molecule has 0 fully saturated rings. The molecule has 0 aliphatic heterocycles. The zero-order valence-electron chi connectivity index (χ0n) is 15.7. The fourth-order valence-electron chi connectivity index (χ4n) is 2.87. The van der Waals surface area contributed by atoms with E-state index in [9.17, 15) is 4.79 Å². The molecule has 2 aromatic carbocycles. The number of allylic oxidation sites excluding steroid dienone is 1. The molecule has 1 aromatic heterocycles. The van der Waals surface area contributed by atoms with E-state index in [2.05, 4.69) is 10.8 Å². The summed E-state index contributed by atoms with van der Waals surface area (Å²) in [5.74, 6) is 4.04. The molecule has 0 bridgehead atoms. The van der Waals surface area contributed by atoms with Gasteiger partial charge in [-0.15, -0.1) is 0 Å². The molecular weight excluding hydrogens is 409 g/mol. The fourth-order valence-corrected chi connectivity index (χ4v) is 4.16. The van der Waals surface area contributed by atoms with E-state index in [1.807, 2.05) is 36.5 Å². The van der Waals surface area contributed by atoms with Crippen molar-refractivity contribution in [3.63, 3.8) is 0 Å². The molecule has 27 heavy (non-hydrogen) atoms. The van der Waals surface area contributed by atoms with Crippen LogP contribution >= 0.6 is 0 Å². The Labute approximate surface area is 164 Å². The average molecular weight is 430 g/mol. The van der Waals surface area contributed by atoms with Gasteiger partial charge in [0.25, 0.3) is 0 Å². The number of carbonyl (C=O) groups excluding carboxylic acids is 1. The van der Waals surface area contributed by atoms with E-state index in [0.29, 0.717) is 17.1 Å². The molecule has 0 aliphatic carbocycles. The number of carbonyl (C=O) groups is 1. The summed E-state index contributed by atoms with van der Waals surface area (Å²) in [5, 5.41) is 1.00. The van der Waals surface area contributed by atoms with Crippen molar-refractivity contribution < 1.29 is 19.0 Å². The predicted molar refractivity (Wildman–Crippen MR) is 109 cm³/mol. The molecule has 0 saturated heterocycles. The molecule has 0 amide bonds. The van der Waals surface area contributed by atoms with Crippen LogP contribution in [0.1, 0.15) is 15.9 Å². The number of nitrogens with one attached hydrogen (secondary N) is 1. The third-order valence-corrected chi connectivity index (χ3v) is 5.84. The van der Waals surface area contributed by atoms with Crippen LogP contribution in [-0.2, 0) is 0 Å². The monoisotopic (exact) mass is 431 g/mol. The summed E-state index contributed by atoms with van der Waals surface area (Å²) in [5.41, 5.74) is 2.50. The third-order valence-electron chi connectivity index (χ3n) is 4.28. The molecule has 0 aliphatic rings. The fraction of sp³-hybridized carbons (Fsp3) is 0.190. The molecule has 0 unspecified atom stereocenters. The molecule has 3 rings (SSSR count). The number of benzene rings is 2. The SMILES string of the molecule is COc1ccc2[nH]cc(/C=C/C(=O)c3cc(OC)c(OC)c([Se]C)c3)c2c1. The average Bonchev–Trinajstić information content (AvgIpc) is 3.12. The van der Waals surface area contributed by atoms with Crippen molar-refractivity contribution in [3.05, 3.63) is 53.7 Å². The van der Waals surface area contributed by atoms with Gasteiger partial charge in [0.1, 0.15) is 0 Å². The molecule has 0 atom stereocenters. The number of aromatic amines is 1.